The predicted molar refractivity (Wildman–Crippen MR) is 110 cm³/mol. The lowest BCUT2D eigenvalue weighted by Gasteiger charge is -2.31. The van der Waals surface area contributed by atoms with Crippen molar-refractivity contribution in [1.82, 2.24) is 19.7 Å². The third-order valence-corrected chi connectivity index (χ3v) is 7.03. The molecule has 0 radical (unpaired) electrons. The molecule has 0 saturated carbocycles. The van der Waals surface area contributed by atoms with Crippen molar-refractivity contribution in [1.29, 1.82) is 0 Å². The summed E-state index contributed by atoms with van der Waals surface area (Å²) in [5.41, 5.74) is 4.00. The lowest BCUT2D eigenvalue weighted by Crippen LogP contribution is -2.38. The van der Waals surface area contributed by atoms with Crippen LogP contribution in [0.4, 0.5) is 0 Å². The second-order valence-electron chi connectivity index (χ2n) is 7.32. The Hall–Kier alpha value is -2.51. The quantitative estimate of drug-likeness (QED) is 0.663. The molecule has 0 amide bonds. The maximum absolute atomic E-state index is 11.7. The molecule has 146 valence electrons. The zero-order valence-corrected chi connectivity index (χ0v) is 16.7. The number of pyridine rings is 1. The van der Waals surface area contributed by atoms with Crippen LogP contribution in [-0.2, 0) is 16.4 Å². The molecule has 2 aromatic heterocycles. The summed E-state index contributed by atoms with van der Waals surface area (Å²) in [5.74, 6) is 0.557. The van der Waals surface area contributed by atoms with Gasteiger partial charge in [0.25, 0.3) is 0 Å². The van der Waals surface area contributed by atoms with Crippen molar-refractivity contribution in [2.45, 2.75) is 25.4 Å². The Morgan fingerprint density at radius 1 is 1.11 bits per heavy atom. The number of hydrogen-bond donors (Lipinski definition) is 0. The second-order valence-corrected chi connectivity index (χ2v) is 9.63. The normalized spacial score (nSPS) is 17.1. The fourth-order valence-corrected chi connectivity index (χ4v) is 5.17. The first kappa shape index (κ1) is 18.8. The smallest absolute Gasteiger partial charge is 0.150 e. The van der Waals surface area contributed by atoms with E-state index in [-0.39, 0.29) is 17.5 Å². The van der Waals surface area contributed by atoms with E-state index < -0.39 is 9.84 Å². The molecule has 7 heteroatoms. The minimum Gasteiger partial charge on any atom is -0.299 e. The molecule has 4 rings (SSSR count). The summed E-state index contributed by atoms with van der Waals surface area (Å²) < 4.78 is 25.4. The summed E-state index contributed by atoms with van der Waals surface area (Å²) in [6.45, 7) is 0.710. The molecule has 1 aliphatic rings. The maximum Gasteiger partial charge on any atom is 0.150 e. The van der Waals surface area contributed by atoms with Crippen molar-refractivity contribution in [3.63, 3.8) is 0 Å². The third-order valence-electron chi connectivity index (χ3n) is 5.31. The number of sulfone groups is 1. The molecule has 3 aromatic rings. The Balaban J connectivity index is 1.62. The summed E-state index contributed by atoms with van der Waals surface area (Å²) in [5, 5.41) is 4.83. The summed E-state index contributed by atoms with van der Waals surface area (Å²) >= 11 is 0. The Labute approximate surface area is 165 Å². The highest BCUT2D eigenvalue weighted by Crippen LogP contribution is 2.26. The molecule has 1 fully saturated rings. The Morgan fingerprint density at radius 3 is 2.54 bits per heavy atom. The number of para-hydroxylation sites is 1. The Bertz CT molecular complexity index is 1020. The molecular formula is C21H24N4O2S. The van der Waals surface area contributed by atoms with Crippen LogP contribution < -0.4 is 0 Å². The third kappa shape index (κ3) is 4.15. The van der Waals surface area contributed by atoms with E-state index in [1.165, 1.54) is 0 Å². The van der Waals surface area contributed by atoms with Gasteiger partial charge in [0.15, 0.2) is 0 Å². The van der Waals surface area contributed by atoms with Gasteiger partial charge in [-0.1, -0.05) is 18.2 Å². The van der Waals surface area contributed by atoms with Crippen molar-refractivity contribution in [2.24, 2.45) is 0 Å². The average Bonchev–Trinajstić information content (AvgIpc) is 3.13. The first-order valence-corrected chi connectivity index (χ1v) is 11.3. The molecule has 1 saturated heterocycles. The number of rotatable bonds is 5. The van der Waals surface area contributed by atoms with Crippen molar-refractivity contribution in [3.05, 3.63) is 66.6 Å². The van der Waals surface area contributed by atoms with Gasteiger partial charge < -0.3 is 0 Å². The van der Waals surface area contributed by atoms with Crippen molar-refractivity contribution in [3.8, 4) is 16.9 Å². The molecule has 6 nitrogen and oxygen atoms in total. The van der Waals surface area contributed by atoms with Crippen molar-refractivity contribution < 1.29 is 8.42 Å². The minimum atomic E-state index is -2.86. The number of benzene rings is 1. The minimum absolute atomic E-state index is 0.269. The van der Waals surface area contributed by atoms with Crippen LogP contribution in [0.5, 0.6) is 0 Å². The van der Waals surface area contributed by atoms with Gasteiger partial charge in [-0.05, 0) is 44.2 Å². The van der Waals surface area contributed by atoms with E-state index >= 15 is 0 Å². The van der Waals surface area contributed by atoms with E-state index in [0.29, 0.717) is 19.4 Å². The molecule has 0 N–H and O–H groups in total. The fraction of sp³-hybridized carbons (Fsp3) is 0.333. The molecule has 0 aliphatic carbocycles. The summed E-state index contributed by atoms with van der Waals surface area (Å²) in [4.78, 5) is 6.49. The zero-order valence-electron chi connectivity index (χ0n) is 15.9. The number of nitrogens with zero attached hydrogens (tertiary/aromatic N) is 4. The largest absolute Gasteiger partial charge is 0.299 e. The molecule has 0 unspecified atom stereocenters. The summed E-state index contributed by atoms with van der Waals surface area (Å²) in [6, 6.07) is 14.2. The molecule has 0 atom stereocenters. The molecule has 0 spiro atoms. The van der Waals surface area contributed by atoms with Crippen LogP contribution in [0.1, 0.15) is 18.4 Å². The van der Waals surface area contributed by atoms with Crippen molar-refractivity contribution in [2.75, 3.05) is 18.6 Å². The fourth-order valence-electron chi connectivity index (χ4n) is 3.70. The highest BCUT2D eigenvalue weighted by Gasteiger charge is 2.27. The SMILES string of the molecule is CN(Cc1cn(-c2ccccc2)nc1-c1cccnc1)C1CCS(=O)(=O)CC1. The molecule has 1 aliphatic heterocycles. The van der Waals surface area contributed by atoms with E-state index in [4.69, 9.17) is 5.10 Å². The maximum atomic E-state index is 11.7. The van der Waals surface area contributed by atoms with E-state index in [1.54, 1.807) is 6.20 Å². The second kappa shape index (κ2) is 7.85. The topological polar surface area (TPSA) is 68.1 Å². The average molecular weight is 397 g/mol. The van der Waals surface area contributed by atoms with Gasteiger partial charge in [0.05, 0.1) is 22.9 Å². The summed E-state index contributed by atoms with van der Waals surface area (Å²) in [7, 11) is -0.792. The molecule has 3 heterocycles. The number of hydrogen-bond acceptors (Lipinski definition) is 5. The van der Waals surface area contributed by atoms with Gasteiger partial charge in [0.1, 0.15) is 9.84 Å². The van der Waals surface area contributed by atoms with E-state index in [9.17, 15) is 8.42 Å². The van der Waals surface area contributed by atoms with Gasteiger partial charge in [0, 0.05) is 42.3 Å². The van der Waals surface area contributed by atoms with E-state index in [2.05, 4.69) is 23.1 Å². The highest BCUT2D eigenvalue weighted by atomic mass is 32.2. The van der Waals surface area contributed by atoms with Crippen molar-refractivity contribution >= 4 is 9.84 Å². The molecule has 0 bridgehead atoms. The van der Waals surface area contributed by atoms with Crippen LogP contribution in [-0.4, -0.2) is 52.7 Å². The van der Waals surface area contributed by atoms with Crippen LogP contribution in [0.3, 0.4) is 0 Å². The lowest BCUT2D eigenvalue weighted by molar-refractivity contribution is 0.219. The van der Waals surface area contributed by atoms with Crippen LogP contribution in [0, 0.1) is 0 Å². The first-order valence-electron chi connectivity index (χ1n) is 9.47. The molecular weight excluding hydrogens is 372 g/mol. The van der Waals surface area contributed by atoms with Gasteiger partial charge in [-0.15, -0.1) is 0 Å². The number of aromatic nitrogens is 3. The standard InChI is InChI=1S/C21H24N4O2S/c1-24(19-9-12-28(26,27)13-10-19)15-18-16-25(20-7-3-2-4-8-20)23-21(18)17-6-5-11-22-14-17/h2-8,11,14,16,19H,9-10,12-13,15H2,1H3. The van der Waals surface area contributed by atoms with Crippen LogP contribution in [0.2, 0.25) is 0 Å². The van der Waals surface area contributed by atoms with Crippen LogP contribution >= 0.6 is 0 Å². The first-order chi connectivity index (χ1) is 13.5. The van der Waals surface area contributed by atoms with E-state index in [1.807, 2.05) is 53.3 Å². The monoisotopic (exact) mass is 396 g/mol. The highest BCUT2D eigenvalue weighted by molar-refractivity contribution is 7.91. The van der Waals surface area contributed by atoms with Gasteiger partial charge >= 0.3 is 0 Å². The lowest BCUT2D eigenvalue weighted by atomic mass is 10.1. The Morgan fingerprint density at radius 2 is 1.86 bits per heavy atom. The van der Waals surface area contributed by atoms with Gasteiger partial charge in [-0.2, -0.15) is 5.10 Å². The van der Waals surface area contributed by atoms with Gasteiger partial charge in [-0.25, -0.2) is 13.1 Å². The summed E-state index contributed by atoms with van der Waals surface area (Å²) in [6.07, 6.45) is 7.02. The van der Waals surface area contributed by atoms with E-state index in [0.717, 1.165) is 22.5 Å². The Kier molecular flexibility index (Phi) is 5.28. The van der Waals surface area contributed by atoms with Crippen LogP contribution in [0.15, 0.2) is 61.1 Å². The zero-order chi connectivity index (χ0) is 19.6. The van der Waals surface area contributed by atoms with Gasteiger partial charge in [0.2, 0.25) is 0 Å². The van der Waals surface area contributed by atoms with Crippen LogP contribution in [0.25, 0.3) is 16.9 Å². The van der Waals surface area contributed by atoms with Gasteiger partial charge in [-0.3, -0.25) is 9.88 Å². The predicted octanol–water partition coefficient (Wildman–Crippen LogP) is 2.94. The molecule has 28 heavy (non-hydrogen) atoms. The molecule has 1 aromatic carbocycles.